The number of nitrogen functional groups attached to an aromatic ring is 1. The Bertz CT molecular complexity index is 623. The number of nitrogens with two attached hydrogens (primary N) is 1. The van der Waals surface area contributed by atoms with E-state index in [0.29, 0.717) is 22.2 Å². The highest BCUT2D eigenvalue weighted by molar-refractivity contribution is 6.31. The number of benzene rings is 1. The molecule has 1 heterocycles. The number of aryl methyl sites for hydroxylation is 1. The van der Waals surface area contributed by atoms with Crippen LogP contribution >= 0.6 is 11.6 Å². The van der Waals surface area contributed by atoms with Crippen molar-refractivity contribution in [2.45, 2.75) is 25.7 Å². The van der Waals surface area contributed by atoms with Gasteiger partial charge in [0.1, 0.15) is 17.5 Å². The number of fused-ring (bicyclic) bond motifs is 1. The fourth-order valence-electron chi connectivity index (χ4n) is 2.45. The lowest BCUT2D eigenvalue weighted by Crippen LogP contribution is -2.07. The van der Waals surface area contributed by atoms with Crippen LogP contribution in [0.4, 0.5) is 10.2 Å². The van der Waals surface area contributed by atoms with Crippen LogP contribution in [0.3, 0.4) is 0 Å². The van der Waals surface area contributed by atoms with Gasteiger partial charge in [-0.15, -0.1) is 0 Å². The first-order valence-corrected chi connectivity index (χ1v) is 6.60. The topological polar surface area (TPSA) is 51.8 Å². The lowest BCUT2D eigenvalue weighted by Gasteiger charge is -2.08. The highest BCUT2D eigenvalue weighted by Crippen LogP contribution is 2.26. The van der Waals surface area contributed by atoms with E-state index in [-0.39, 0.29) is 12.2 Å². The molecule has 19 heavy (non-hydrogen) atoms. The van der Waals surface area contributed by atoms with Crippen LogP contribution in [0.1, 0.15) is 29.1 Å². The fourth-order valence-corrected chi connectivity index (χ4v) is 2.68. The van der Waals surface area contributed by atoms with E-state index in [1.807, 2.05) is 0 Å². The summed E-state index contributed by atoms with van der Waals surface area (Å²) < 4.78 is 13.7. The Labute approximate surface area is 115 Å². The molecular weight excluding hydrogens is 265 g/mol. The number of hydrogen-bond donors (Lipinski definition) is 1. The summed E-state index contributed by atoms with van der Waals surface area (Å²) in [7, 11) is 0. The molecule has 3 nitrogen and oxygen atoms in total. The quantitative estimate of drug-likeness (QED) is 0.918. The maximum atomic E-state index is 13.7. The van der Waals surface area contributed by atoms with Gasteiger partial charge < -0.3 is 5.73 Å². The van der Waals surface area contributed by atoms with E-state index in [0.717, 1.165) is 30.5 Å². The van der Waals surface area contributed by atoms with Crippen molar-refractivity contribution in [2.75, 3.05) is 5.73 Å². The number of hydrogen-bond acceptors (Lipinski definition) is 3. The maximum absolute atomic E-state index is 13.7. The number of aromatic nitrogens is 2. The molecule has 0 bridgehead atoms. The van der Waals surface area contributed by atoms with Crippen molar-refractivity contribution in [1.29, 1.82) is 0 Å². The van der Waals surface area contributed by atoms with E-state index in [2.05, 4.69) is 9.97 Å². The standard InChI is InChI=1S/C14H13ClFN3/c15-10-4-2-5-11(16)9(10)7-13-18-12-6-1-3-8(12)14(17)19-13/h2,4-5H,1,3,6-7H2,(H2,17,18,19). The summed E-state index contributed by atoms with van der Waals surface area (Å²) in [6.45, 7) is 0. The minimum Gasteiger partial charge on any atom is -0.383 e. The Hall–Kier alpha value is -1.68. The van der Waals surface area contributed by atoms with Crippen LogP contribution in [0.5, 0.6) is 0 Å². The molecule has 2 N–H and O–H groups in total. The second kappa shape index (κ2) is 4.78. The molecule has 0 unspecified atom stereocenters. The van der Waals surface area contributed by atoms with Crippen molar-refractivity contribution in [3.05, 3.63) is 51.7 Å². The van der Waals surface area contributed by atoms with Crippen LogP contribution in [0.2, 0.25) is 5.02 Å². The zero-order chi connectivity index (χ0) is 13.4. The monoisotopic (exact) mass is 277 g/mol. The van der Waals surface area contributed by atoms with E-state index >= 15 is 0 Å². The summed E-state index contributed by atoms with van der Waals surface area (Å²) in [4.78, 5) is 8.74. The Morgan fingerprint density at radius 2 is 2.11 bits per heavy atom. The van der Waals surface area contributed by atoms with Crippen molar-refractivity contribution in [3.8, 4) is 0 Å². The molecule has 0 aliphatic heterocycles. The van der Waals surface area contributed by atoms with Gasteiger partial charge in [0.2, 0.25) is 0 Å². The molecule has 0 radical (unpaired) electrons. The van der Waals surface area contributed by atoms with Gasteiger partial charge in [-0.1, -0.05) is 17.7 Å². The van der Waals surface area contributed by atoms with E-state index in [1.54, 1.807) is 12.1 Å². The highest BCUT2D eigenvalue weighted by atomic mass is 35.5. The first-order chi connectivity index (χ1) is 9.15. The summed E-state index contributed by atoms with van der Waals surface area (Å²) in [5.74, 6) is 0.713. The molecule has 1 aromatic carbocycles. The van der Waals surface area contributed by atoms with Gasteiger partial charge >= 0.3 is 0 Å². The average Bonchev–Trinajstić information content (AvgIpc) is 2.83. The van der Waals surface area contributed by atoms with Crippen LogP contribution in [-0.4, -0.2) is 9.97 Å². The molecule has 1 aliphatic carbocycles. The van der Waals surface area contributed by atoms with E-state index in [9.17, 15) is 4.39 Å². The summed E-state index contributed by atoms with van der Waals surface area (Å²) >= 11 is 6.01. The van der Waals surface area contributed by atoms with E-state index in [1.165, 1.54) is 6.07 Å². The number of halogens is 2. The molecule has 5 heteroatoms. The van der Waals surface area contributed by atoms with Gasteiger partial charge in [0.05, 0.1) is 0 Å². The largest absolute Gasteiger partial charge is 0.383 e. The maximum Gasteiger partial charge on any atom is 0.135 e. The van der Waals surface area contributed by atoms with Gasteiger partial charge in [-0.3, -0.25) is 0 Å². The van der Waals surface area contributed by atoms with Gasteiger partial charge in [-0.05, 0) is 31.4 Å². The zero-order valence-electron chi connectivity index (χ0n) is 10.3. The van der Waals surface area contributed by atoms with Gasteiger partial charge in [-0.25, -0.2) is 14.4 Å². The molecule has 3 rings (SSSR count). The molecule has 0 fully saturated rings. The van der Waals surface area contributed by atoms with Gasteiger partial charge in [0, 0.05) is 28.3 Å². The lowest BCUT2D eigenvalue weighted by molar-refractivity contribution is 0.612. The summed E-state index contributed by atoms with van der Waals surface area (Å²) in [6, 6.07) is 4.63. The molecule has 2 aromatic rings. The average molecular weight is 278 g/mol. The normalized spacial score (nSPS) is 13.6. The van der Waals surface area contributed by atoms with Crippen LogP contribution < -0.4 is 5.73 Å². The minimum absolute atomic E-state index is 0.267. The van der Waals surface area contributed by atoms with Crippen LogP contribution in [0.15, 0.2) is 18.2 Å². The van der Waals surface area contributed by atoms with Crippen LogP contribution in [0, 0.1) is 5.82 Å². The van der Waals surface area contributed by atoms with E-state index < -0.39 is 0 Å². The molecule has 0 amide bonds. The molecular formula is C14H13ClFN3. The molecule has 0 saturated carbocycles. The van der Waals surface area contributed by atoms with Crippen molar-refractivity contribution in [1.82, 2.24) is 9.97 Å². The summed E-state index contributed by atoms with van der Waals surface area (Å²) in [5.41, 5.74) is 8.38. The minimum atomic E-state index is -0.338. The molecule has 0 spiro atoms. The summed E-state index contributed by atoms with van der Waals surface area (Å²) in [6.07, 6.45) is 3.17. The molecule has 1 aromatic heterocycles. The molecule has 1 aliphatic rings. The molecule has 0 atom stereocenters. The Balaban J connectivity index is 1.98. The number of anilines is 1. The summed E-state index contributed by atoms with van der Waals surface area (Å²) in [5, 5.41) is 0.391. The Morgan fingerprint density at radius 1 is 1.26 bits per heavy atom. The third-order valence-corrected chi connectivity index (χ3v) is 3.76. The SMILES string of the molecule is Nc1nc(Cc2c(F)cccc2Cl)nc2c1CCC2. The van der Waals surface area contributed by atoms with Crippen molar-refractivity contribution < 1.29 is 4.39 Å². The first kappa shape index (κ1) is 12.4. The van der Waals surface area contributed by atoms with Gasteiger partial charge in [0.25, 0.3) is 0 Å². The fraction of sp³-hybridized carbons (Fsp3) is 0.286. The van der Waals surface area contributed by atoms with Crippen molar-refractivity contribution in [3.63, 3.8) is 0 Å². The molecule has 98 valence electrons. The second-order valence-corrected chi connectivity index (χ2v) is 5.09. The van der Waals surface area contributed by atoms with Gasteiger partial charge in [-0.2, -0.15) is 0 Å². The predicted molar refractivity (Wildman–Crippen MR) is 72.7 cm³/mol. The Kier molecular flexibility index (Phi) is 3.11. The Morgan fingerprint density at radius 3 is 2.89 bits per heavy atom. The second-order valence-electron chi connectivity index (χ2n) is 4.68. The van der Waals surface area contributed by atoms with Crippen molar-refractivity contribution in [2.24, 2.45) is 0 Å². The van der Waals surface area contributed by atoms with Gasteiger partial charge in [0.15, 0.2) is 0 Å². The number of nitrogens with zero attached hydrogens (tertiary/aromatic N) is 2. The smallest absolute Gasteiger partial charge is 0.135 e. The van der Waals surface area contributed by atoms with Crippen LogP contribution in [0.25, 0.3) is 0 Å². The van der Waals surface area contributed by atoms with E-state index in [4.69, 9.17) is 17.3 Å². The van der Waals surface area contributed by atoms with Crippen LogP contribution in [-0.2, 0) is 19.3 Å². The lowest BCUT2D eigenvalue weighted by atomic mass is 10.1. The molecule has 0 saturated heterocycles. The highest BCUT2D eigenvalue weighted by Gasteiger charge is 2.18. The third kappa shape index (κ3) is 2.28. The third-order valence-electron chi connectivity index (χ3n) is 3.41. The first-order valence-electron chi connectivity index (χ1n) is 6.22. The number of rotatable bonds is 2. The zero-order valence-corrected chi connectivity index (χ0v) is 11.0. The predicted octanol–water partition coefficient (Wildman–Crippen LogP) is 2.93. The van der Waals surface area contributed by atoms with Crippen molar-refractivity contribution >= 4 is 17.4 Å².